The van der Waals surface area contributed by atoms with Crippen LogP contribution < -0.4 is 16.0 Å². The summed E-state index contributed by atoms with van der Waals surface area (Å²) in [6.07, 6.45) is 3.97. The number of aryl methyl sites for hydroxylation is 1. The van der Waals surface area contributed by atoms with Crippen molar-refractivity contribution in [1.82, 2.24) is 10.5 Å². The fourth-order valence-corrected chi connectivity index (χ4v) is 2.87. The minimum Gasteiger partial charge on any atom is -0.361 e. The average Bonchev–Trinajstić information content (AvgIpc) is 3.26. The molecule has 1 atom stereocenters. The molecule has 3 N–H and O–H groups in total. The summed E-state index contributed by atoms with van der Waals surface area (Å²) in [5.41, 5.74) is 1.76. The van der Waals surface area contributed by atoms with Crippen LogP contribution in [0, 0.1) is 12.8 Å². The largest absolute Gasteiger partial charge is 0.361 e. The highest BCUT2D eigenvalue weighted by molar-refractivity contribution is 6.04. The van der Waals surface area contributed by atoms with Crippen LogP contribution in [0.1, 0.15) is 35.4 Å². The maximum absolute atomic E-state index is 12.1. The van der Waals surface area contributed by atoms with Gasteiger partial charge >= 0.3 is 0 Å². The van der Waals surface area contributed by atoms with Crippen molar-refractivity contribution in [1.29, 1.82) is 0 Å². The van der Waals surface area contributed by atoms with Crippen molar-refractivity contribution in [3.8, 4) is 0 Å². The predicted octanol–water partition coefficient (Wildman–Crippen LogP) is 2.56. The Labute approximate surface area is 146 Å². The molecule has 0 bridgehead atoms. The van der Waals surface area contributed by atoms with Gasteiger partial charge in [0.2, 0.25) is 5.91 Å². The first-order valence-electron chi connectivity index (χ1n) is 8.45. The van der Waals surface area contributed by atoms with E-state index in [4.69, 9.17) is 4.52 Å². The number of carbonyl (C=O) groups excluding carboxylic acids is 2. The van der Waals surface area contributed by atoms with Crippen molar-refractivity contribution in [3.63, 3.8) is 0 Å². The second kappa shape index (κ2) is 7.94. The van der Waals surface area contributed by atoms with E-state index in [2.05, 4.69) is 21.1 Å². The number of nitrogens with zero attached hydrogens (tertiary/aromatic N) is 1. The van der Waals surface area contributed by atoms with Crippen molar-refractivity contribution < 1.29 is 14.1 Å². The van der Waals surface area contributed by atoms with Gasteiger partial charge < -0.3 is 20.5 Å². The number of nitrogens with one attached hydrogen (secondary N) is 3. The van der Waals surface area contributed by atoms with Gasteiger partial charge in [0.15, 0.2) is 0 Å². The third kappa shape index (κ3) is 4.67. The maximum Gasteiger partial charge on any atom is 0.260 e. The Morgan fingerprint density at radius 2 is 1.96 bits per heavy atom. The number of aromatic nitrogens is 1. The normalized spacial score (nSPS) is 16.6. The third-order valence-electron chi connectivity index (χ3n) is 4.36. The average molecular weight is 342 g/mol. The molecule has 1 aromatic carbocycles. The van der Waals surface area contributed by atoms with E-state index in [1.54, 1.807) is 31.2 Å². The molecule has 1 saturated heterocycles. The van der Waals surface area contributed by atoms with Gasteiger partial charge in [0.25, 0.3) is 5.91 Å². The lowest BCUT2D eigenvalue weighted by molar-refractivity contribution is -0.116. The molecule has 0 radical (unpaired) electrons. The molecule has 132 valence electrons. The number of rotatable bonds is 6. The first kappa shape index (κ1) is 17.2. The highest BCUT2D eigenvalue weighted by atomic mass is 16.5. The summed E-state index contributed by atoms with van der Waals surface area (Å²) < 4.78 is 4.88. The molecular weight excluding hydrogens is 320 g/mol. The van der Waals surface area contributed by atoms with E-state index in [9.17, 15) is 9.59 Å². The molecular formula is C18H22N4O3. The van der Waals surface area contributed by atoms with Crippen LogP contribution in [0.15, 0.2) is 35.0 Å². The fraction of sp³-hybridized carbons (Fsp3) is 0.389. The van der Waals surface area contributed by atoms with Crippen LogP contribution >= 0.6 is 0 Å². The quantitative estimate of drug-likeness (QED) is 0.750. The molecule has 25 heavy (non-hydrogen) atoms. The molecule has 7 heteroatoms. The Kier molecular flexibility index (Phi) is 5.45. The van der Waals surface area contributed by atoms with E-state index < -0.39 is 0 Å². The molecule has 2 aromatic rings. The second-order valence-electron chi connectivity index (χ2n) is 6.27. The van der Waals surface area contributed by atoms with E-state index >= 15 is 0 Å². The minimum atomic E-state index is -0.277. The van der Waals surface area contributed by atoms with Gasteiger partial charge in [0.05, 0.1) is 6.20 Å². The van der Waals surface area contributed by atoms with Gasteiger partial charge in [0.1, 0.15) is 11.3 Å². The number of carbonyl (C=O) groups is 2. The minimum absolute atomic E-state index is 0.0174. The molecule has 7 nitrogen and oxygen atoms in total. The highest BCUT2D eigenvalue weighted by Crippen LogP contribution is 2.18. The van der Waals surface area contributed by atoms with Crippen molar-refractivity contribution in [3.05, 3.63) is 41.8 Å². The maximum atomic E-state index is 12.1. The molecule has 0 spiro atoms. The van der Waals surface area contributed by atoms with Crippen LogP contribution in [0.5, 0.6) is 0 Å². The summed E-state index contributed by atoms with van der Waals surface area (Å²) in [6.45, 7) is 3.74. The number of benzene rings is 1. The Morgan fingerprint density at radius 1 is 1.24 bits per heavy atom. The van der Waals surface area contributed by atoms with Gasteiger partial charge in [-0.25, -0.2) is 0 Å². The number of hydrogen-bond donors (Lipinski definition) is 3. The van der Waals surface area contributed by atoms with Gasteiger partial charge in [-0.05, 0) is 63.0 Å². The third-order valence-corrected chi connectivity index (χ3v) is 4.36. The predicted molar refractivity (Wildman–Crippen MR) is 94.5 cm³/mol. The number of amides is 2. The zero-order valence-corrected chi connectivity index (χ0v) is 14.2. The van der Waals surface area contributed by atoms with E-state index in [1.807, 2.05) is 0 Å². The number of anilines is 2. The molecule has 1 fully saturated rings. The summed E-state index contributed by atoms with van der Waals surface area (Å²) in [6, 6.07) is 7.03. The topological polar surface area (TPSA) is 96.3 Å². The van der Waals surface area contributed by atoms with E-state index in [1.165, 1.54) is 6.20 Å². The van der Waals surface area contributed by atoms with Crippen LogP contribution in [-0.4, -0.2) is 30.1 Å². The van der Waals surface area contributed by atoms with Gasteiger partial charge in [-0.3, -0.25) is 9.59 Å². The first-order chi connectivity index (χ1) is 12.1. The molecule has 0 saturated carbocycles. The highest BCUT2D eigenvalue weighted by Gasteiger charge is 2.16. The zero-order valence-electron chi connectivity index (χ0n) is 14.2. The smallest absolute Gasteiger partial charge is 0.260 e. The van der Waals surface area contributed by atoms with Gasteiger partial charge in [-0.1, -0.05) is 5.16 Å². The Balaban J connectivity index is 1.49. The van der Waals surface area contributed by atoms with Crippen molar-refractivity contribution in [2.24, 2.45) is 5.92 Å². The molecule has 1 aromatic heterocycles. The lowest BCUT2D eigenvalue weighted by Gasteiger charge is -2.09. The summed E-state index contributed by atoms with van der Waals surface area (Å²) in [5, 5.41) is 12.6. The van der Waals surface area contributed by atoms with Crippen molar-refractivity contribution >= 4 is 23.2 Å². The second-order valence-corrected chi connectivity index (χ2v) is 6.27. The lowest BCUT2D eigenvalue weighted by atomic mass is 10.0. The van der Waals surface area contributed by atoms with Crippen LogP contribution in [0.25, 0.3) is 0 Å². The summed E-state index contributed by atoms with van der Waals surface area (Å²) in [5.74, 6) is 0.813. The van der Waals surface area contributed by atoms with Crippen LogP contribution in [0.2, 0.25) is 0 Å². The molecule has 0 aliphatic carbocycles. The molecule has 2 amide bonds. The molecule has 2 heterocycles. The van der Waals surface area contributed by atoms with Crippen LogP contribution in [0.4, 0.5) is 11.4 Å². The SMILES string of the molecule is Cc1oncc1C(=O)Nc1ccc(NC(=O)CCC2CCNC2)cc1. The number of hydrogen-bond acceptors (Lipinski definition) is 5. The Morgan fingerprint density at radius 3 is 2.56 bits per heavy atom. The van der Waals surface area contributed by atoms with Crippen molar-refractivity contribution in [2.75, 3.05) is 23.7 Å². The fourth-order valence-electron chi connectivity index (χ4n) is 2.87. The standard InChI is InChI=1S/C18H22N4O3/c1-12-16(11-20-25-12)18(24)22-15-5-3-14(4-6-15)21-17(23)7-2-13-8-9-19-10-13/h3-6,11,13,19H,2,7-10H2,1H3,(H,21,23)(H,22,24). The van der Waals surface area contributed by atoms with Crippen molar-refractivity contribution in [2.45, 2.75) is 26.2 Å². The van der Waals surface area contributed by atoms with Crippen LogP contribution in [-0.2, 0) is 4.79 Å². The van der Waals surface area contributed by atoms with E-state index in [0.29, 0.717) is 35.0 Å². The zero-order chi connectivity index (χ0) is 17.6. The van der Waals surface area contributed by atoms with Gasteiger partial charge in [-0.15, -0.1) is 0 Å². The van der Waals surface area contributed by atoms with Gasteiger partial charge in [0, 0.05) is 17.8 Å². The molecule has 1 aliphatic heterocycles. The van der Waals surface area contributed by atoms with Crippen LogP contribution in [0.3, 0.4) is 0 Å². The first-order valence-corrected chi connectivity index (χ1v) is 8.45. The molecule has 1 aliphatic rings. The van der Waals surface area contributed by atoms with E-state index in [0.717, 1.165) is 25.9 Å². The summed E-state index contributed by atoms with van der Waals surface area (Å²) >= 11 is 0. The lowest BCUT2D eigenvalue weighted by Crippen LogP contribution is -2.15. The van der Waals surface area contributed by atoms with E-state index in [-0.39, 0.29) is 11.8 Å². The molecule has 1 unspecified atom stereocenters. The van der Waals surface area contributed by atoms with Gasteiger partial charge in [-0.2, -0.15) is 0 Å². The Hall–Kier alpha value is -2.67. The Bertz CT molecular complexity index is 733. The summed E-state index contributed by atoms with van der Waals surface area (Å²) in [4.78, 5) is 24.1. The molecule has 3 rings (SSSR count). The monoisotopic (exact) mass is 342 g/mol. The summed E-state index contributed by atoms with van der Waals surface area (Å²) in [7, 11) is 0.